The molecule has 0 radical (unpaired) electrons. The molecule has 2 aromatic carbocycles. The van der Waals surface area contributed by atoms with Crippen molar-refractivity contribution in [1.82, 2.24) is 4.90 Å². The first-order valence-electron chi connectivity index (χ1n) is 8.66. The summed E-state index contributed by atoms with van der Waals surface area (Å²) in [5, 5.41) is 9.16. The van der Waals surface area contributed by atoms with Crippen molar-refractivity contribution in [2.24, 2.45) is 0 Å². The van der Waals surface area contributed by atoms with Gasteiger partial charge < -0.3 is 14.7 Å². The Morgan fingerprint density at radius 1 is 1.18 bits per heavy atom. The van der Waals surface area contributed by atoms with Crippen LogP contribution < -0.4 is 9.64 Å². The minimum atomic E-state index is -1.18. The number of benzene rings is 2. The summed E-state index contributed by atoms with van der Waals surface area (Å²) in [4.78, 5) is 39.0. The summed E-state index contributed by atoms with van der Waals surface area (Å²) in [7, 11) is 0. The summed E-state index contributed by atoms with van der Waals surface area (Å²) in [6.07, 6.45) is -0.757. The highest BCUT2D eigenvalue weighted by atomic mass is 19.1. The van der Waals surface area contributed by atoms with Gasteiger partial charge in [-0.2, -0.15) is 0 Å². The molecule has 1 atom stereocenters. The molecule has 0 bridgehead atoms. The number of anilines is 1. The van der Waals surface area contributed by atoms with Crippen molar-refractivity contribution in [1.29, 1.82) is 0 Å². The lowest BCUT2D eigenvalue weighted by Crippen LogP contribution is -2.50. The molecule has 1 N–H and O–H groups in total. The molecule has 1 aliphatic heterocycles. The van der Waals surface area contributed by atoms with Gasteiger partial charge >= 0.3 is 5.97 Å². The lowest BCUT2D eigenvalue weighted by atomic mass is 10.1. The fourth-order valence-electron chi connectivity index (χ4n) is 2.96. The minimum Gasteiger partial charge on any atom is -0.480 e. The number of carboxylic acid groups (broad SMARTS) is 1. The molecular formula is C20H19FN2O5. The maximum atomic E-state index is 13.1. The summed E-state index contributed by atoms with van der Waals surface area (Å²) in [6, 6.07) is 12.3. The van der Waals surface area contributed by atoms with Gasteiger partial charge in [0.05, 0.1) is 5.69 Å². The van der Waals surface area contributed by atoms with E-state index in [-0.39, 0.29) is 19.0 Å². The van der Waals surface area contributed by atoms with Crippen LogP contribution in [0, 0.1) is 5.82 Å². The van der Waals surface area contributed by atoms with Gasteiger partial charge in [-0.1, -0.05) is 24.3 Å². The number of carboxylic acids is 1. The van der Waals surface area contributed by atoms with E-state index >= 15 is 0 Å². The molecule has 0 aliphatic carbocycles. The van der Waals surface area contributed by atoms with Crippen molar-refractivity contribution in [3.05, 3.63) is 59.9 Å². The molecule has 8 heteroatoms. The third-order valence-electron chi connectivity index (χ3n) is 4.33. The Morgan fingerprint density at radius 2 is 1.86 bits per heavy atom. The van der Waals surface area contributed by atoms with E-state index in [9.17, 15) is 18.8 Å². The maximum absolute atomic E-state index is 13.1. The van der Waals surface area contributed by atoms with Crippen molar-refractivity contribution in [3.8, 4) is 5.75 Å². The molecule has 1 heterocycles. The van der Waals surface area contributed by atoms with Gasteiger partial charge in [0.2, 0.25) is 5.91 Å². The summed E-state index contributed by atoms with van der Waals surface area (Å²) in [5.41, 5.74) is 1.04. The highest BCUT2D eigenvalue weighted by Crippen LogP contribution is 2.33. The number of halogens is 1. The second-order valence-electron chi connectivity index (χ2n) is 6.42. The first-order chi connectivity index (χ1) is 13.3. The zero-order chi connectivity index (χ0) is 20.3. The van der Waals surface area contributed by atoms with E-state index in [4.69, 9.17) is 9.84 Å². The van der Waals surface area contributed by atoms with Crippen LogP contribution in [-0.2, 0) is 20.9 Å². The molecule has 28 heavy (non-hydrogen) atoms. The van der Waals surface area contributed by atoms with Gasteiger partial charge in [-0.05, 0) is 36.8 Å². The number of para-hydroxylation sites is 2. The number of aliphatic carboxylic acids is 1. The monoisotopic (exact) mass is 386 g/mol. The number of hydrogen-bond acceptors (Lipinski definition) is 4. The summed E-state index contributed by atoms with van der Waals surface area (Å²) >= 11 is 0. The molecule has 0 saturated heterocycles. The van der Waals surface area contributed by atoms with Crippen molar-refractivity contribution in [3.63, 3.8) is 0 Å². The van der Waals surface area contributed by atoms with Crippen LogP contribution in [0.1, 0.15) is 12.5 Å². The Morgan fingerprint density at radius 3 is 2.54 bits per heavy atom. The Labute approximate surface area is 160 Å². The first-order valence-corrected chi connectivity index (χ1v) is 8.66. The molecule has 0 fully saturated rings. The number of hydrogen-bond donors (Lipinski definition) is 1. The van der Waals surface area contributed by atoms with E-state index in [1.54, 1.807) is 31.2 Å². The van der Waals surface area contributed by atoms with E-state index in [0.717, 1.165) is 4.90 Å². The van der Waals surface area contributed by atoms with E-state index in [0.29, 0.717) is 17.0 Å². The standard InChI is InChI=1S/C20H19FN2O5/c1-13-20(27)23(16-4-2-3-5-17(16)28-13)11-18(24)22(12-19(25)26)10-14-6-8-15(21)9-7-14/h2-9,13H,10-12H2,1H3,(H,25,26). The molecule has 2 aromatic rings. The van der Waals surface area contributed by atoms with Crippen LogP contribution in [0.25, 0.3) is 0 Å². The van der Waals surface area contributed by atoms with Crippen LogP contribution in [-0.4, -0.2) is 47.0 Å². The number of fused-ring (bicyclic) bond motifs is 1. The number of ether oxygens (including phenoxy) is 1. The fraction of sp³-hybridized carbons (Fsp3) is 0.250. The third-order valence-corrected chi connectivity index (χ3v) is 4.33. The molecule has 1 aliphatic rings. The molecule has 7 nitrogen and oxygen atoms in total. The lowest BCUT2D eigenvalue weighted by molar-refractivity contribution is -0.144. The minimum absolute atomic E-state index is 0.0128. The second kappa shape index (κ2) is 8.08. The molecule has 0 spiro atoms. The first kappa shape index (κ1) is 19.3. The summed E-state index contributed by atoms with van der Waals surface area (Å²) < 4.78 is 18.6. The van der Waals surface area contributed by atoms with Gasteiger partial charge in [0.15, 0.2) is 6.10 Å². The van der Waals surface area contributed by atoms with E-state index in [1.807, 2.05) is 0 Å². The number of nitrogens with zero attached hydrogens (tertiary/aromatic N) is 2. The van der Waals surface area contributed by atoms with E-state index in [2.05, 4.69) is 0 Å². The molecule has 146 valence electrons. The van der Waals surface area contributed by atoms with Crippen LogP contribution >= 0.6 is 0 Å². The van der Waals surface area contributed by atoms with Crippen molar-refractivity contribution >= 4 is 23.5 Å². The SMILES string of the molecule is CC1Oc2ccccc2N(CC(=O)N(CC(=O)O)Cc2ccc(F)cc2)C1=O. The highest BCUT2D eigenvalue weighted by Gasteiger charge is 2.33. The topological polar surface area (TPSA) is 87.2 Å². The van der Waals surface area contributed by atoms with Crippen LogP contribution in [0.4, 0.5) is 10.1 Å². The van der Waals surface area contributed by atoms with Crippen LogP contribution in [0.3, 0.4) is 0 Å². The lowest BCUT2D eigenvalue weighted by Gasteiger charge is -2.33. The molecular weight excluding hydrogens is 367 g/mol. The predicted molar refractivity (Wildman–Crippen MR) is 98.3 cm³/mol. The molecule has 1 unspecified atom stereocenters. The number of rotatable bonds is 6. The largest absolute Gasteiger partial charge is 0.480 e. The van der Waals surface area contributed by atoms with Gasteiger partial charge in [0.25, 0.3) is 5.91 Å². The van der Waals surface area contributed by atoms with Crippen molar-refractivity contribution < 1.29 is 28.6 Å². The molecule has 3 rings (SSSR count). The third kappa shape index (κ3) is 4.28. The van der Waals surface area contributed by atoms with Gasteiger partial charge in [-0.15, -0.1) is 0 Å². The summed E-state index contributed by atoms with van der Waals surface area (Å²) in [5.74, 6) is -2.05. The van der Waals surface area contributed by atoms with E-state index < -0.39 is 30.3 Å². The summed E-state index contributed by atoms with van der Waals surface area (Å²) in [6.45, 7) is 0.717. The van der Waals surface area contributed by atoms with Crippen LogP contribution in [0.2, 0.25) is 0 Å². The Balaban J connectivity index is 1.82. The molecule has 0 saturated carbocycles. The normalized spacial score (nSPS) is 15.6. The van der Waals surface area contributed by atoms with Crippen molar-refractivity contribution in [2.45, 2.75) is 19.6 Å². The van der Waals surface area contributed by atoms with Crippen molar-refractivity contribution in [2.75, 3.05) is 18.0 Å². The number of carbonyl (C=O) groups excluding carboxylic acids is 2. The maximum Gasteiger partial charge on any atom is 0.323 e. The Kier molecular flexibility index (Phi) is 5.58. The fourth-order valence-corrected chi connectivity index (χ4v) is 2.96. The van der Waals surface area contributed by atoms with E-state index in [1.165, 1.54) is 29.2 Å². The van der Waals surface area contributed by atoms with Crippen LogP contribution in [0.5, 0.6) is 5.75 Å². The smallest absolute Gasteiger partial charge is 0.323 e. The average molecular weight is 386 g/mol. The Hall–Kier alpha value is -3.42. The molecule has 0 aromatic heterocycles. The van der Waals surface area contributed by atoms with Crippen LogP contribution in [0.15, 0.2) is 48.5 Å². The predicted octanol–water partition coefficient (Wildman–Crippen LogP) is 2.05. The zero-order valence-corrected chi connectivity index (χ0v) is 15.2. The molecule has 2 amide bonds. The van der Waals surface area contributed by atoms with Gasteiger partial charge in [-0.3, -0.25) is 19.3 Å². The van der Waals surface area contributed by atoms with Gasteiger partial charge in [0.1, 0.15) is 24.7 Å². The number of carbonyl (C=O) groups is 3. The average Bonchev–Trinajstić information content (AvgIpc) is 2.66. The van der Waals surface area contributed by atoms with Gasteiger partial charge in [-0.25, -0.2) is 4.39 Å². The quantitative estimate of drug-likeness (QED) is 0.821. The zero-order valence-electron chi connectivity index (χ0n) is 15.2. The highest BCUT2D eigenvalue weighted by molar-refractivity contribution is 6.03. The second-order valence-corrected chi connectivity index (χ2v) is 6.42. The number of amides is 2. The Bertz CT molecular complexity index is 900. The van der Waals surface area contributed by atoms with Gasteiger partial charge in [0, 0.05) is 6.54 Å².